The molecule has 2 aromatic carbocycles. The molecule has 0 saturated carbocycles. The SMILES string of the molecule is Cc1cc(N2CCNCC2=O)nn1Cc1cc(Cl)ccc1OCc1ccccc1. The average Bonchev–Trinajstić information content (AvgIpc) is 3.08. The summed E-state index contributed by atoms with van der Waals surface area (Å²) in [5.41, 5.74) is 3.02. The number of hydrogen-bond donors (Lipinski definition) is 1. The minimum Gasteiger partial charge on any atom is -0.489 e. The number of nitrogens with one attached hydrogen (secondary N) is 1. The van der Waals surface area contributed by atoms with Gasteiger partial charge in [-0.3, -0.25) is 14.4 Å². The van der Waals surface area contributed by atoms with E-state index in [2.05, 4.69) is 10.4 Å². The molecule has 29 heavy (non-hydrogen) atoms. The fourth-order valence-electron chi connectivity index (χ4n) is 3.34. The molecule has 0 radical (unpaired) electrons. The molecule has 0 unspecified atom stereocenters. The van der Waals surface area contributed by atoms with Gasteiger partial charge in [-0.1, -0.05) is 41.9 Å². The summed E-state index contributed by atoms with van der Waals surface area (Å²) in [6.45, 7) is 4.71. The van der Waals surface area contributed by atoms with E-state index >= 15 is 0 Å². The first-order valence-electron chi connectivity index (χ1n) is 9.61. The maximum atomic E-state index is 12.2. The van der Waals surface area contributed by atoms with Crippen LogP contribution in [0.25, 0.3) is 0 Å². The van der Waals surface area contributed by atoms with Crippen LogP contribution in [0.4, 0.5) is 5.82 Å². The van der Waals surface area contributed by atoms with E-state index in [1.165, 1.54) is 0 Å². The van der Waals surface area contributed by atoms with Crippen molar-refractivity contribution in [2.45, 2.75) is 20.1 Å². The van der Waals surface area contributed by atoms with Crippen LogP contribution >= 0.6 is 11.6 Å². The lowest BCUT2D eigenvalue weighted by molar-refractivity contribution is -0.118. The lowest BCUT2D eigenvalue weighted by Crippen LogP contribution is -2.48. The van der Waals surface area contributed by atoms with E-state index in [-0.39, 0.29) is 5.91 Å². The first kappa shape index (κ1) is 19.5. The van der Waals surface area contributed by atoms with Crippen LogP contribution in [-0.4, -0.2) is 35.3 Å². The highest BCUT2D eigenvalue weighted by Gasteiger charge is 2.22. The lowest BCUT2D eigenvalue weighted by atomic mass is 10.2. The Morgan fingerprint density at radius 3 is 2.79 bits per heavy atom. The van der Waals surface area contributed by atoms with Crippen LogP contribution in [0.5, 0.6) is 5.75 Å². The van der Waals surface area contributed by atoms with E-state index in [4.69, 9.17) is 16.3 Å². The molecule has 0 aliphatic carbocycles. The van der Waals surface area contributed by atoms with E-state index in [0.29, 0.717) is 37.1 Å². The average molecular weight is 411 g/mol. The van der Waals surface area contributed by atoms with E-state index in [1.54, 1.807) is 4.90 Å². The quantitative estimate of drug-likeness (QED) is 0.676. The van der Waals surface area contributed by atoms with Crippen molar-refractivity contribution in [1.29, 1.82) is 0 Å². The van der Waals surface area contributed by atoms with E-state index in [1.807, 2.05) is 66.2 Å². The Morgan fingerprint density at radius 2 is 2.00 bits per heavy atom. The number of hydrogen-bond acceptors (Lipinski definition) is 4. The molecule has 1 N–H and O–H groups in total. The smallest absolute Gasteiger partial charge is 0.242 e. The molecule has 1 aliphatic heterocycles. The molecule has 6 nitrogen and oxygen atoms in total. The Kier molecular flexibility index (Phi) is 5.83. The summed E-state index contributed by atoms with van der Waals surface area (Å²) in [7, 11) is 0. The summed E-state index contributed by atoms with van der Waals surface area (Å²) in [5, 5.41) is 8.39. The van der Waals surface area contributed by atoms with Crippen LogP contribution in [0.1, 0.15) is 16.8 Å². The zero-order valence-corrected chi connectivity index (χ0v) is 17.0. The minimum atomic E-state index is 0.0375. The first-order valence-corrected chi connectivity index (χ1v) is 9.98. The molecule has 7 heteroatoms. The lowest BCUT2D eigenvalue weighted by Gasteiger charge is -2.25. The third-order valence-electron chi connectivity index (χ3n) is 4.91. The molecule has 1 amide bonds. The van der Waals surface area contributed by atoms with Crippen LogP contribution in [-0.2, 0) is 17.9 Å². The molecule has 1 fully saturated rings. The van der Waals surface area contributed by atoms with Gasteiger partial charge in [0.05, 0.1) is 13.1 Å². The molecule has 1 saturated heterocycles. The van der Waals surface area contributed by atoms with Crippen molar-refractivity contribution >= 4 is 23.3 Å². The van der Waals surface area contributed by atoms with E-state index < -0.39 is 0 Å². The topological polar surface area (TPSA) is 59.4 Å². The van der Waals surface area contributed by atoms with Gasteiger partial charge in [0, 0.05) is 35.4 Å². The van der Waals surface area contributed by atoms with Gasteiger partial charge in [-0.05, 0) is 30.7 Å². The fourth-order valence-corrected chi connectivity index (χ4v) is 3.54. The molecule has 1 aliphatic rings. The number of carbonyl (C=O) groups excluding carboxylic acids is 1. The molecule has 150 valence electrons. The van der Waals surface area contributed by atoms with Crippen LogP contribution in [0.3, 0.4) is 0 Å². The van der Waals surface area contributed by atoms with Gasteiger partial charge in [0.2, 0.25) is 5.91 Å². The van der Waals surface area contributed by atoms with Crippen LogP contribution in [0.15, 0.2) is 54.6 Å². The van der Waals surface area contributed by atoms with Gasteiger partial charge in [-0.25, -0.2) is 0 Å². The normalized spacial score (nSPS) is 14.3. The number of ether oxygens (including phenoxy) is 1. The highest BCUT2D eigenvalue weighted by Crippen LogP contribution is 2.26. The largest absolute Gasteiger partial charge is 0.489 e. The molecular weight excluding hydrogens is 388 g/mol. The van der Waals surface area contributed by atoms with Crippen molar-refractivity contribution in [1.82, 2.24) is 15.1 Å². The second kappa shape index (κ2) is 8.68. The Balaban J connectivity index is 1.54. The number of rotatable bonds is 6. The minimum absolute atomic E-state index is 0.0375. The Bertz CT molecular complexity index is 1000. The van der Waals surface area contributed by atoms with Crippen LogP contribution < -0.4 is 15.0 Å². The third kappa shape index (κ3) is 4.60. The van der Waals surface area contributed by atoms with Crippen molar-refractivity contribution in [2.75, 3.05) is 24.5 Å². The molecule has 4 rings (SSSR count). The van der Waals surface area contributed by atoms with Crippen molar-refractivity contribution in [2.24, 2.45) is 0 Å². The van der Waals surface area contributed by atoms with Gasteiger partial charge >= 0.3 is 0 Å². The molecule has 3 aromatic rings. The summed E-state index contributed by atoms with van der Waals surface area (Å²) in [5.74, 6) is 1.49. The molecule has 1 aromatic heterocycles. The predicted molar refractivity (Wildman–Crippen MR) is 114 cm³/mol. The molecule has 0 bridgehead atoms. The highest BCUT2D eigenvalue weighted by molar-refractivity contribution is 6.30. The number of amides is 1. The highest BCUT2D eigenvalue weighted by atomic mass is 35.5. The van der Waals surface area contributed by atoms with Gasteiger partial charge in [0.15, 0.2) is 5.82 Å². The number of piperazine rings is 1. The van der Waals surface area contributed by atoms with Gasteiger partial charge in [0.25, 0.3) is 0 Å². The Labute approximate surface area is 175 Å². The van der Waals surface area contributed by atoms with Gasteiger partial charge in [0.1, 0.15) is 12.4 Å². The van der Waals surface area contributed by atoms with E-state index in [9.17, 15) is 4.79 Å². The number of aryl methyl sites for hydroxylation is 1. The summed E-state index contributed by atoms with van der Waals surface area (Å²) >= 11 is 6.24. The monoisotopic (exact) mass is 410 g/mol. The third-order valence-corrected chi connectivity index (χ3v) is 5.15. The maximum absolute atomic E-state index is 12.2. The predicted octanol–water partition coefficient (Wildman–Crippen LogP) is 3.41. The second-order valence-electron chi connectivity index (χ2n) is 7.05. The molecule has 2 heterocycles. The van der Waals surface area contributed by atoms with Crippen LogP contribution in [0, 0.1) is 6.92 Å². The Hall–Kier alpha value is -2.83. The van der Waals surface area contributed by atoms with Crippen molar-refractivity contribution in [3.8, 4) is 5.75 Å². The first-order chi connectivity index (χ1) is 14.1. The fraction of sp³-hybridized carbons (Fsp3) is 0.273. The standard InChI is InChI=1S/C22H23ClN4O2/c1-16-11-21(26-10-9-24-13-22(26)28)25-27(16)14-18-12-19(23)7-8-20(18)29-15-17-5-3-2-4-6-17/h2-8,11-12,24H,9-10,13-15H2,1H3. The maximum Gasteiger partial charge on any atom is 0.242 e. The summed E-state index contributed by atoms with van der Waals surface area (Å²) in [4.78, 5) is 13.9. The number of aromatic nitrogens is 2. The van der Waals surface area contributed by atoms with Crippen LogP contribution in [0.2, 0.25) is 5.02 Å². The summed E-state index contributed by atoms with van der Waals surface area (Å²) in [6, 6.07) is 17.6. The zero-order chi connectivity index (χ0) is 20.2. The number of carbonyl (C=O) groups is 1. The van der Waals surface area contributed by atoms with E-state index in [0.717, 1.165) is 29.1 Å². The number of anilines is 1. The zero-order valence-electron chi connectivity index (χ0n) is 16.3. The molecular formula is C22H23ClN4O2. The number of nitrogens with zero attached hydrogens (tertiary/aromatic N) is 3. The molecule has 0 atom stereocenters. The van der Waals surface area contributed by atoms with Gasteiger partial charge in [-0.2, -0.15) is 5.10 Å². The summed E-state index contributed by atoms with van der Waals surface area (Å²) in [6.07, 6.45) is 0. The van der Waals surface area contributed by atoms with Gasteiger partial charge in [-0.15, -0.1) is 0 Å². The second-order valence-corrected chi connectivity index (χ2v) is 7.49. The number of halogens is 1. The van der Waals surface area contributed by atoms with Crippen molar-refractivity contribution in [3.63, 3.8) is 0 Å². The summed E-state index contributed by atoms with van der Waals surface area (Å²) < 4.78 is 7.94. The van der Waals surface area contributed by atoms with Gasteiger partial charge < -0.3 is 10.1 Å². The van der Waals surface area contributed by atoms with Crippen molar-refractivity contribution < 1.29 is 9.53 Å². The Morgan fingerprint density at radius 1 is 1.17 bits per heavy atom. The molecule has 0 spiro atoms. The number of benzene rings is 2. The van der Waals surface area contributed by atoms with Crippen molar-refractivity contribution in [3.05, 3.63) is 76.4 Å².